The van der Waals surface area contributed by atoms with Crippen molar-refractivity contribution >= 4 is 11.0 Å². The highest BCUT2D eigenvalue weighted by molar-refractivity contribution is 5.80. The third-order valence-electron chi connectivity index (χ3n) is 3.98. The molecule has 0 amide bonds. The summed E-state index contributed by atoms with van der Waals surface area (Å²) in [5, 5.41) is 9.16. The predicted molar refractivity (Wildman–Crippen MR) is 91.1 cm³/mol. The van der Waals surface area contributed by atoms with Gasteiger partial charge in [0.15, 0.2) is 11.5 Å². The van der Waals surface area contributed by atoms with E-state index in [9.17, 15) is 0 Å². The summed E-state index contributed by atoms with van der Waals surface area (Å²) in [6, 6.07) is 3.87. The Morgan fingerprint density at radius 1 is 1.09 bits per heavy atom. The Labute approximate surface area is 137 Å². The Kier molecular flexibility index (Phi) is 6.67. The monoisotopic (exact) mass is 321 g/mol. The Hall–Kier alpha value is -1.79. The van der Waals surface area contributed by atoms with Crippen LogP contribution >= 0.6 is 0 Å². The molecule has 0 spiro atoms. The van der Waals surface area contributed by atoms with Crippen molar-refractivity contribution in [3.05, 3.63) is 18.0 Å². The number of unbranched alkanes of at least 4 members (excludes halogenated alkanes) is 2. The molecule has 0 fully saturated rings. The Bertz CT molecular complexity index is 625. The standard InChI is InChI=1S/C17H27N3O3/c1-22-15-11-13-14(12-16(15)23-2)20(9-6-10-21)17(19-13)7-4-3-5-8-18/h11-12,21H,3-10,18H2,1-2H3. The van der Waals surface area contributed by atoms with Crippen LogP contribution in [0.5, 0.6) is 11.5 Å². The van der Waals surface area contributed by atoms with Crippen LogP contribution in [0.25, 0.3) is 11.0 Å². The van der Waals surface area contributed by atoms with Crippen LogP contribution in [-0.4, -0.2) is 42.0 Å². The first-order valence-corrected chi connectivity index (χ1v) is 8.17. The minimum atomic E-state index is 0.166. The quantitative estimate of drug-likeness (QED) is 0.655. The minimum absolute atomic E-state index is 0.166. The van der Waals surface area contributed by atoms with Gasteiger partial charge in [-0.15, -0.1) is 0 Å². The van der Waals surface area contributed by atoms with Crippen LogP contribution < -0.4 is 15.2 Å². The molecule has 0 aliphatic carbocycles. The van der Waals surface area contributed by atoms with Crippen molar-refractivity contribution in [1.29, 1.82) is 0 Å². The molecular weight excluding hydrogens is 294 g/mol. The average Bonchev–Trinajstić information content (AvgIpc) is 2.91. The Morgan fingerprint density at radius 2 is 1.83 bits per heavy atom. The second-order valence-corrected chi connectivity index (χ2v) is 5.55. The molecule has 0 radical (unpaired) electrons. The fraction of sp³-hybridized carbons (Fsp3) is 0.588. The molecule has 0 unspecified atom stereocenters. The first-order chi connectivity index (χ1) is 11.2. The van der Waals surface area contributed by atoms with Gasteiger partial charge in [0.25, 0.3) is 0 Å². The van der Waals surface area contributed by atoms with Crippen molar-refractivity contribution in [3.8, 4) is 11.5 Å². The number of benzene rings is 1. The average molecular weight is 321 g/mol. The molecule has 1 heterocycles. The molecule has 128 valence electrons. The van der Waals surface area contributed by atoms with Crippen LogP contribution in [0.1, 0.15) is 31.5 Å². The van der Waals surface area contributed by atoms with Gasteiger partial charge in [0.05, 0.1) is 25.3 Å². The number of aromatic nitrogens is 2. The summed E-state index contributed by atoms with van der Waals surface area (Å²) in [6.07, 6.45) is 4.82. The number of methoxy groups -OCH3 is 2. The van der Waals surface area contributed by atoms with Crippen molar-refractivity contribution in [2.75, 3.05) is 27.4 Å². The van der Waals surface area contributed by atoms with Crippen molar-refractivity contribution in [3.63, 3.8) is 0 Å². The van der Waals surface area contributed by atoms with Gasteiger partial charge in [0, 0.05) is 31.7 Å². The molecule has 3 N–H and O–H groups in total. The first kappa shape index (κ1) is 17.6. The smallest absolute Gasteiger partial charge is 0.163 e. The summed E-state index contributed by atoms with van der Waals surface area (Å²) >= 11 is 0. The molecule has 2 rings (SSSR count). The van der Waals surface area contributed by atoms with E-state index in [1.165, 1.54) is 0 Å². The normalized spacial score (nSPS) is 11.1. The largest absolute Gasteiger partial charge is 0.493 e. The SMILES string of the molecule is COc1cc2nc(CCCCCN)n(CCCO)c2cc1OC. The minimum Gasteiger partial charge on any atom is -0.493 e. The van der Waals surface area contributed by atoms with Gasteiger partial charge >= 0.3 is 0 Å². The van der Waals surface area contributed by atoms with Gasteiger partial charge in [-0.3, -0.25) is 0 Å². The van der Waals surface area contributed by atoms with Gasteiger partial charge in [-0.05, 0) is 25.8 Å². The van der Waals surface area contributed by atoms with Crippen LogP contribution in [0, 0.1) is 0 Å². The van der Waals surface area contributed by atoms with E-state index in [0.29, 0.717) is 17.9 Å². The second kappa shape index (κ2) is 8.74. The van der Waals surface area contributed by atoms with E-state index in [-0.39, 0.29) is 6.61 Å². The number of nitrogens with two attached hydrogens (primary N) is 1. The van der Waals surface area contributed by atoms with Crippen LogP contribution in [0.3, 0.4) is 0 Å². The van der Waals surface area contributed by atoms with E-state index < -0.39 is 0 Å². The third-order valence-corrected chi connectivity index (χ3v) is 3.98. The van der Waals surface area contributed by atoms with Crippen molar-refractivity contribution < 1.29 is 14.6 Å². The highest BCUT2D eigenvalue weighted by atomic mass is 16.5. The summed E-state index contributed by atoms with van der Waals surface area (Å²) in [6.45, 7) is 1.64. The predicted octanol–water partition coefficient (Wildman–Crippen LogP) is 2.11. The summed E-state index contributed by atoms with van der Waals surface area (Å²) in [7, 11) is 3.26. The van der Waals surface area contributed by atoms with E-state index in [1.54, 1.807) is 14.2 Å². The van der Waals surface area contributed by atoms with Crippen LogP contribution in [0.15, 0.2) is 12.1 Å². The number of fused-ring (bicyclic) bond motifs is 1. The zero-order valence-electron chi connectivity index (χ0n) is 14.0. The first-order valence-electron chi connectivity index (χ1n) is 8.17. The molecule has 0 saturated heterocycles. The van der Waals surface area contributed by atoms with E-state index >= 15 is 0 Å². The van der Waals surface area contributed by atoms with Crippen LogP contribution in [0.4, 0.5) is 0 Å². The number of ether oxygens (including phenoxy) is 2. The maximum Gasteiger partial charge on any atom is 0.163 e. The summed E-state index contributed by atoms with van der Waals surface area (Å²) in [5.74, 6) is 2.42. The zero-order chi connectivity index (χ0) is 16.7. The molecule has 0 saturated carbocycles. The lowest BCUT2D eigenvalue weighted by molar-refractivity contribution is 0.279. The number of hydrogen-bond acceptors (Lipinski definition) is 5. The van der Waals surface area contributed by atoms with Crippen LogP contribution in [-0.2, 0) is 13.0 Å². The van der Waals surface area contributed by atoms with Crippen molar-refractivity contribution in [1.82, 2.24) is 9.55 Å². The molecule has 0 atom stereocenters. The highest BCUT2D eigenvalue weighted by Gasteiger charge is 2.14. The number of rotatable bonds is 10. The van der Waals surface area contributed by atoms with Gasteiger partial charge in [-0.1, -0.05) is 6.42 Å². The summed E-state index contributed by atoms with van der Waals surface area (Å²) in [4.78, 5) is 4.76. The maximum absolute atomic E-state index is 9.16. The van der Waals surface area contributed by atoms with E-state index in [4.69, 9.17) is 25.3 Å². The topological polar surface area (TPSA) is 82.5 Å². The third kappa shape index (κ3) is 4.14. The molecule has 2 aromatic rings. The molecule has 0 bridgehead atoms. The summed E-state index contributed by atoms with van der Waals surface area (Å²) in [5.41, 5.74) is 7.47. The van der Waals surface area contributed by atoms with Crippen molar-refractivity contribution in [2.24, 2.45) is 5.73 Å². The second-order valence-electron chi connectivity index (χ2n) is 5.55. The number of nitrogens with zero attached hydrogens (tertiary/aromatic N) is 2. The Morgan fingerprint density at radius 3 is 2.48 bits per heavy atom. The number of aliphatic hydroxyl groups is 1. The molecule has 0 aliphatic rings. The van der Waals surface area contributed by atoms with Gasteiger partial charge < -0.3 is 24.9 Å². The highest BCUT2D eigenvalue weighted by Crippen LogP contribution is 2.32. The van der Waals surface area contributed by atoms with E-state index in [1.807, 2.05) is 12.1 Å². The van der Waals surface area contributed by atoms with Gasteiger partial charge in [-0.25, -0.2) is 4.98 Å². The molecule has 23 heavy (non-hydrogen) atoms. The summed E-state index contributed by atoms with van der Waals surface area (Å²) < 4.78 is 12.9. The molecule has 6 heteroatoms. The molecule has 6 nitrogen and oxygen atoms in total. The van der Waals surface area contributed by atoms with Crippen molar-refractivity contribution in [2.45, 2.75) is 38.6 Å². The Balaban J connectivity index is 2.35. The molecule has 0 aliphatic heterocycles. The number of aliphatic hydroxyl groups excluding tert-OH is 1. The maximum atomic E-state index is 9.16. The van der Waals surface area contributed by atoms with Gasteiger partial charge in [0.1, 0.15) is 5.82 Å². The lowest BCUT2D eigenvalue weighted by Crippen LogP contribution is -2.06. The molecule has 1 aromatic carbocycles. The fourth-order valence-electron chi connectivity index (χ4n) is 2.78. The van der Waals surface area contributed by atoms with E-state index in [0.717, 1.165) is 55.6 Å². The van der Waals surface area contributed by atoms with Gasteiger partial charge in [-0.2, -0.15) is 0 Å². The lowest BCUT2D eigenvalue weighted by Gasteiger charge is -2.10. The molecular formula is C17H27N3O3. The van der Waals surface area contributed by atoms with E-state index in [2.05, 4.69) is 4.57 Å². The van der Waals surface area contributed by atoms with Gasteiger partial charge in [0.2, 0.25) is 0 Å². The number of imidazole rings is 1. The lowest BCUT2D eigenvalue weighted by atomic mass is 10.2. The molecule has 1 aromatic heterocycles. The number of aryl methyl sites for hydroxylation is 2. The number of hydrogen-bond donors (Lipinski definition) is 2. The fourth-order valence-corrected chi connectivity index (χ4v) is 2.78. The van der Waals surface area contributed by atoms with Crippen LogP contribution in [0.2, 0.25) is 0 Å². The zero-order valence-corrected chi connectivity index (χ0v) is 14.0.